The van der Waals surface area contributed by atoms with Gasteiger partial charge < -0.3 is 9.47 Å². The quantitative estimate of drug-likeness (QED) is 0.0518. The van der Waals surface area contributed by atoms with E-state index in [9.17, 15) is 0 Å². The van der Waals surface area contributed by atoms with Crippen molar-refractivity contribution in [3.8, 4) is 0 Å². The minimum absolute atomic E-state index is 0.315. The van der Waals surface area contributed by atoms with E-state index in [1.807, 2.05) is 0 Å². The molecule has 0 aliphatic carbocycles. The van der Waals surface area contributed by atoms with Gasteiger partial charge in [-0.2, -0.15) is 0 Å². The number of allylic oxidation sites excluding steroid dienone is 8. The van der Waals surface area contributed by atoms with Crippen LogP contribution in [0.4, 0.5) is 0 Å². The van der Waals surface area contributed by atoms with Crippen molar-refractivity contribution in [2.75, 3.05) is 6.61 Å². The molecule has 47 heavy (non-hydrogen) atoms. The zero-order chi connectivity index (χ0) is 33.9. The summed E-state index contributed by atoms with van der Waals surface area (Å²) in [5.41, 5.74) is 0. The Labute approximate surface area is 295 Å². The van der Waals surface area contributed by atoms with Crippen molar-refractivity contribution >= 4 is 0 Å². The Balaban J connectivity index is 2.22. The van der Waals surface area contributed by atoms with Gasteiger partial charge in [0.05, 0.1) is 12.7 Å². The second-order valence-corrected chi connectivity index (χ2v) is 14.9. The van der Waals surface area contributed by atoms with Gasteiger partial charge in [0.15, 0.2) is 5.79 Å². The fraction of sp³-hybridized carbons (Fsp3) is 0.822. The van der Waals surface area contributed by atoms with Gasteiger partial charge in [-0.1, -0.05) is 153 Å². The molecule has 0 spiro atoms. The van der Waals surface area contributed by atoms with E-state index in [0.717, 1.165) is 44.6 Å². The molecule has 2 nitrogen and oxygen atoms in total. The number of hydrogen-bond acceptors (Lipinski definition) is 2. The topological polar surface area (TPSA) is 18.5 Å². The van der Waals surface area contributed by atoms with Crippen LogP contribution in [0.5, 0.6) is 0 Å². The first-order valence-corrected chi connectivity index (χ1v) is 21.0. The van der Waals surface area contributed by atoms with Gasteiger partial charge in [-0.25, -0.2) is 0 Å². The van der Waals surface area contributed by atoms with E-state index in [4.69, 9.17) is 9.47 Å². The van der Waals surface area contributed by atoms with Crippen molar-refractivity contribution in [3.05, 3.63) is 48.6 Å². The van der Waals surface area contributed by atoms with Crippen molar-refractivity contribution in [2.24, 2.45) is 5.92 Å². The molecule has 1 rings (SSSR count). The van der Waals surface area contributed by atoms with Crippen LogP contribution < -0.4 is 0 Å². The first kappa shape index (κ1) is 43.9. The average molecular weight is 655 g/mol. The number of unbranched alkanes of at least 4 members (excludes halogenated alkanes) is 18. The highest BCUT2D eigenvalue weighted by Crippen LogP contribution is 2.35. The summed E-state index contributed by atoms with van der Waals surface area (Å²) < 4.78 is 13.3. The minimum atomic E-state index is -0.315. The summed E-state index contributed by atoms with van der Waals surface area (Å²) >= 11 is 0. The fourth-order valence-electron chi connectivity index (χ4n) is 6.65. The highest BCUT2D eigenvalue weighted by molar-refractivity contribution is 4.93. The summed E-state index contributed by atoms with van der Waals surface area (Å²) in [4.78, 5) is 0. The summed E-state index contributed by atoms with van der Waals surface area (Å²) in [6.07, 6.45) is 56.1. The second kappa shape index (κ2) is 33.4. The predicted molar refractivity (Wildman–Crippen MR) is 210 cm³/mol. The maximum Gasteiger partial charge on any atom is 0.168 e. The molecule has 0 radical (unpaired) electrons. The molecule has 1 atom stereocenters. The molecule has 0 bridgehead atoms. The van der Waals surface area contributed by atoms with E-state index in [2.05, 4.69) is 76.3 Å². The van der Waals surface area contributed by atoms with Gasteiger partial charge in [0, 0.05) is 12.8 Å². The van der Waals surface area contributed by atoms with Crippen LogP contribution in [0.3, 0.4) is 0 Å². The van der Waals surface area contributed by atoms with E-state index < -0.39 is 0 Å². The molecule has 1 aliphatic heterocycles. The van der Waals surface area contributed by atoms with Gasteiger partial charge in [-0.15, -0.1) is 0 Å². The molecular weight excluding hydrogens is 572 g/mol. The molecule has 0 amide bonds. The van der Waals surface area contributed by atoms with Crippen molar-refractivity contribution < 1.29 is 9.47 Å². The molecule has 0 N–H and O–H groups in total. The van der Waals surface area contributed by atoms with E-state index >= 15 is 0 Å². The molecule has 1 saturated heterocycles. The zero-order valence-electron chi connectivity index (χ0n) is 32.3. The van der Waals surface area contributed by atoms with Gasteiger partial charge in [-0.05, 0) is 102 Å². The van der Waals surface area contributed by atoms with Crippen LogP contribution in [0.1, 0.15) is 214 Å². The monoisotopic (exact) mass is 655 g/mol. The van der Waals surface area contributed by atoms with Gasteiger partial charge in [-0.3, -0.25) is 0 Å². The third-order valence-electron chi connectivity index (χ3n) is 9.77. The molecule has 0 aromatic rings. The van der Waals surface area contributed by atoms with E-state index in [0.29, 0.717) is 6.10 Å². The van der Waals surface area contributed by atoms with Gasteiger partial charge in [0.25, 0.3) is 0 Å². The van der Waals surface area contributed by atoms with Crippen LogP contribution in [0.15, 0.2) is 48.6 Å². The van der Waals surface area contributed by atoms with E-state index in [1.54, 1.807) is 0 Å². The lowest BCUT2D eigenvalue weighted by Crippen LogP contribution is -2.45. The first-order chi connectivity index (χ1) is 23.1. The maximum atomic E-state index is 6.83. The van der Waals surface area contributed by atoms with Crippen LogP contribution in [-0.2, 0) is 9.47 Å². The maximum absolute atomic E-state index is 6.83. The lowest BCUT2D eigenvalue weighted by atomic mass is 9.96. The Bertz CT molecular complexity index is 712. The molecule has 1 aliphatic rings. The summed E-state index contributed by atoms with van der Waals surface area (Å²) in [6.45, 7) is 10.1. The summed E-state index contributed by atoms with van der Waals surface area (Å²) in [7, 11) is 0. The summed E-state index contributed by atoms with van der Waals surface area (Å²) in [5, 5.41) is 0. The van der Waals surface area contributed by atoms with Crippen LogP contribution in [-0.4, -0.2) is 18.5 Å². The molecule has 1 unspecified atom stereocenters. The Kier molecular flexibility index (Phi) is 31.2. The second-order valence-electron chi connectivity index (χ2n) is 14.9. The minimum Gasteiger partial charge on any atom is -0.350 e. The Morgan fingerprint density at radius 3 is 1.36 bits per heavy atom. The fourth-order valence-corrected chi connectivity index (χ4v) is 6.65. The Morgan fingerprint density at radius 1 is 0.532 bits per heavy atom. The molecule has 1 fully saturated rings. The SMILES string of the molecule is CCCCC/C=C\C/C=C\CCCCCCCCC1(CCCCCCCC/C=C\C/C=C\CCCCC)OCCC(CCC(C)C)O1. The van der Waals surface area contributed by atoms with Crippen LogP contribution in [0.25, 0.3) is 0 Å². The van der Waals surface area contributed by atoms with Crippen molar-refractivity contribution in [1.29, 1.82) is 0 Å². The summed E-state index contributed by atoms with van der Waals surface area (Å²) in [5.74, 6) is 0.431. The summed E-state index contributed by atoms with van der Waals surface area (Å²) in [6, 6.07) is 0. The lowest BCUT2D eigenvalue weighted by Gasteiger charge is -2.42. The molecular formula is C45H82O2. The van der Waals surface area contributed by atoms with Crippen molar-refractivity contribution in [3.63, 3.8) is 0 Å². The molecule has 0 aromatic heterocycles. The van der Waals surface area contributed by atoms with Crippen molar-refractivity contribution in [1.82, 2.24) is 0 Å². The molecule has 0 saturated carbocycles. The van der Waals surface area contributed by atoms with E-state index in [1.165, 1.54) is 154 Å². The third kappa shape index (κ3) is 28.4. The third-order valence-corrected chi connectivity index (χ3v) is 9.77. The first-order valence-electron chi connectivity index (χ1n) is 21.0. The van der Waals surface area contributed by atoms with Crippen molar-refractivity contribution in [2.45, 2.75) is 226 Å². The Hall–Kier alpha value is -1.12. The van der Waals surface area contributed by atoms with Crippen LogP contribution in [0.2, 0.25) is 0 Å². The normalized spacial score (nSPS) is 17.1. The molecule has 1 heterocycles. The van der Waals surface area contributed by atoms with Crippen LogP contribution in [0, 0.1) is 5.92 Å². The largest absolute Gasteiger partial charge is 0.350 e. The predicted octanol–water partition coefficient (Wildman–Crippen LogP) is 15.3. The number of hydrogen-bond donors (Lipinski definition) is 0. The average Bonchev–Trinajstić information content (AvgIpc) is 3.07. The van der Waals surface area contributed by atoms with Gasteiger partial charge in [0.2, 0.25) is 0 Å². The highest BCUT2D eigenvalue weighted by atomic mass is 16.7. The van der Waals surface area contributed by atoms with Crippen LogP contribution >= 0.6 is 0 Å². The number of rotatable bonds is 33. The molecule has 274 valence electrons. The van der Waals surface area contributed by atoms with Gasteiger partial charge >= 0.3 is 0 Å². The smallest absolute Gasteiger partial charge is 0.168 e. The lowest BCUT2D eigenvalue weighted by molar-refractivity contribution is -0.301. The zero-order valence-corrected chi connectivity index (χ0v) is 32.3. The number of ether oxygens (including phenoxy) is 2. The Morgan fingerprint density at radius 2 is 0.936 bits per heavy atom. The molecule has 0 aromatic carbocycles. The standard InChI is InChI=1S/C45H82O2/c1-5-7-9-11-13-15-17-19-21-23-25-27-29-31-33-35-40-45(46-42-39-44(47-45)38-37-43(3)4)41-36-34-32-30-28-26-24-22-20-18-16-14-12-10-8-6-2/h13-16,19-22,43-44H,5-12,17-18,23-42H2,1-4H3/b15-13-,16-14-,21-19-,22-20-. The van der Waals surface area contributed by atoms with E-state index in [-0.39, 0.29) is 5.79 Å². The van der Waals surface area contributed by atoms with Gasteiger partial charge in [0.1, 0.15) is 0 Å². The highest BCUT2D eigenvalue weighted by Gasteiger charge is 2.37. The molecule has 2 heteroatoms.